The topological polar surface area (TPSA) is 64.8 Å². The van der Waals surface area contributed by atoms with Crippen LogP contribution in [0.25, 0.3) is 0 Å². The summed E-state index contributed by atoms with van der Waals surface area (Å²) in [5.74, 6) is -0.537. The molecular weight excluding hydrogens is 275 g/mol. The zero-order chi connectivity index (χ0) is 15.4. The maximum absolute atomic E-state index is 14.1. The predicted octanol–water partition coefficient (Wildman–Crippen LogP) is 2.06. The quantitative estimate of drug-likeness (QED) is 0.680. The minimum absolute atomic E-state index is 0.0857. The number of halogens is 1. The summed E-state index contributed by atoms with van der Waals surface area (Å²) in [6.07, 6.45) is 1.93. The zero-order valence-electron chi connectivity index (χ0n) is 12.4. The van der Waals surface area contributed by atoms with Crippen LogP contribution in [0.4, 0.5) is 15.8 Å². The zero-order valence-corrected chi connectivity index (χ0v) is 12.4. The fourth-order valence-electron chi connectivity index (χ4n) is 2.57. The molecule has 0 amide bonds. The number of benzene rings is 1. The Bertz CT molecular complexity index is 516. The molecule has 0 aliphatic carbocycles. The van der Waals surface area contributed by atoms with Gasteiger partial charge in [-0.3, -0.25) is 0 Å². The van der Waals surface area contributed by atoms with Crippen molar-refractivity contribution in [3.8, 4) is 0 Å². The van der Waals surface area contributed by atoms with Gasteiger partial charge in [-0.15, -0.1) is 0 Å². The highest BCUT2D eigenvalue weighted by molar-refractivity contribution is 5.96. The van der Waals surface area contributed by atoms with Gasteiger partial charge in [0.05, 0.1) is 18.4 Å². The smallest absolute Gasteiger partial charge is 0.340 e. The maximum atomic E-state index is 14.1. The number of anilines is 2. The van der Waals surface area contributed by atoms with Gasteiger partial charge in [0.1, 0.15) is 5.82 Å². The first-order valence-corrected chi connectivity index (χ1v) is 6.99. The maximum Gasteiger partial charge on any atom is 0.340 e. The van der Waals surface area contributed by atoms with E-state index in [9.17, 15) is 9.18 Å². The van der Waals surface area contributed by atoms with Crippen molar-refractivity contribution in [1.29, 1.82) is 0 Å². The summed E-state index contributed by atoms with van der Waals surface area (Å²) in [5.41, 5.74) is 6.31. The first-order chi connectivity index (χ1) is 10.0. The monoisotopic (exact) mass is 296 g/mol. The highest BCUT2D eigenvalue weighted by Gasteiger charge is 2.20. The van der Waals surface area contributed by atoms with Crippen molar-refractivity contribution >= 4 is 17.3 Å². The summed E-state index contributed by atoms with van der Waals surface area (Å²) in [6.45, 7) is 2.21. The van der Waals surface area contributed by atoms with Crippen molar-refractivity contribution in [2.75, 3.05) is 44.5 Å². The van der Waals surface area contributed by atoms with Gasteiger partial charge >= 0.3 is 5.97 Å². The molecule has 0 spiro atoms. The molecule has 1 saturated heterocycles. The van der Waals surface area contributed by atoms with E-state index in [0.29, 0.717) is 18.2 Å². The van der Waals surface area contributed by atoms with Gasteiger partial charge in [0, 0.05) is 32.5 Å². The molecule has 0 aromatic heterocycles. The summed E-state index contributed by atoms with van der Waals surface area (Å²) in [7, 11) is 3.08. The van der Waals surface area contributed by atoms with Gasteiger partial charge in [0.15, 0.2) is 0 Å². The second-order valence-corrected chi connectivity index (χ2v) is 5.32. The van der Waals surface area contributed by atoms with Gasteiger partial charge in [0.25, 0.3) is 0 Å². The molecule has 1 heterocycles. The summed E-state index contributed by atoms with van der Waals surface area (Å²) in [6, 6.07) is 2.62. The number of nitrogens with zero attached hydrogens (tertiary/aromatic N) is 1. The Labute approximate surface area is 123 Å². The third-order valence-corrected chi connectivity index (χ3v) is 3.81. The molecule has 0 radical (unpaired) electrons. The van der Waals surface area contributed by atoms with Crippen molar-refractivity contribution in [2.45, 2.75) is 12.8 Å². The van der Waals surface area contributed by atoms with Gasteiger partial charge < -0.3 is 20.1 Å². The molecule has 2 N–H and O–H groups in total. The minimum Gasteiger partial charge on any atom is -0.465 e. The van der Waals surface area contributed by atoms with Crippen LogP contribution >= 0.6 is 0 Å². The van der Waals surface area contributed by atoms with Crippen LogP contribution in [0.15, 0.2) is 12.1 Å². The van der Waals surface area contributed by atoms with E-state index in [-0.39, 0.29) is 11.3 Å². The van der Waals surface area contributed by atoms with Gasteiger partial charge in [0.2, 0.25) is 0 Å². The minimum atomic E-state index is -0.562. The molecule has 1 aromatic carbocycles. The third-order valence-electron chi connectivity index (χ3n) is 3.81. The van der Waals surface area contributed by atoms with Crippen molar-refractivity contribution in [3.63, 3.8) is 0 Å². The Morgan fingerprint density at radius 3 is 2.76 bits per heavy atom. The van der Waals surface area contributed by atoms with Gasteiger partial charge in [-0.1, -0.05) is 0 Å². The number of nitrogens with two attached hydrogens (primary N) is 1. The molecule has 2 rings (SSSR count). The average molecular weight is 296 g/mol. The Morgan fingerprint density at radius 1 is 1.48 bits per heavy atom. The molecule has 1 aromatic rings. The molecule has 1 aliphatic rings. The Morgan fingerprint density at radius 2 is 2.14 bits per heavy atom. The molecule has 1 fully saturated rings. The summed E-state index contributed by atoms with van der Waals surface area (Å²) >= 11 is 0. The normalized spacial score (nSPS) is 15.8. The number of rotatable bonds is 4. The largest absolute Gasteiger partial charge is 0.465 e. The van der Waals surface area contributed by atoms with Gasteiger partial charge in [-0.2, -0.15) is 0 Å². The van der Waals surface area contributed by atoms with Gasteiger partial charge in [-0.05, 0) is 30.9 Å². The SMILES string of the molecule is COC(=O)c1cc(N(C)CC2CCOCC2)c(F)cc1N. The lowest BCUT2D eigenvalue weighted by molar-refractivity contribution is 0.0602. The number of hydrogen-bond donors (Lipinski definition) is 1. The second-order valence-electron chi connectivity index (χ2n) is 5.32. The summed E-state index contributed by atoms with van der Waals surface area (Å²) in [4.78, 5) is 13.5. The highest BCUT2D eigenvalue weighted by Crippen LogP contribution is 2.27. The first-order valence-electron chi connectivity index (χ1n) is 6.99. The van der Waals surface area contributed by atoms with Crippen LogP contribution in [0.2, 0.25) is 0 Å². The van der Waals surface area contributed by atoms with Crippen LogP contribution in [-0.4, -0.2) is 39.9 Å². The Hall–Kier alpha value is -1.82. The lowest BCUT2D eigenvalue weighted by Gasteiger charge is -2.29. The standard InChI is InChI=1S/C15H21FN2O3/c1-18(9-10-3-5-21-6-4-10)14-7-11(15(19)20-2)13(17)8-12(14)16/h7-8,10H,3-6,9,17H2,1-2H3. The molecule has 1 aliphatic heterocycles. The summed E-state index contributed by atoms with van der Waals surface area (Å²) < 4.78 is 24.1. The molecule has 0 saturated carbocycles. The molecular formula is C15H21FN2O3. The van der Waals surface area contributed by atoms with Crippen LogP contribution < -0.4 is 10.6 Å². The lowest BCUT2D eigenvalue weighted by atomic mass is 9.99. The number of hydrogen-bond acceptors (Lipinski definition) is 5. The number of ether oxygens (including phenoxy) is 2. The first kappa shape index (κ1) is 15.6. The summed E-state index contributed by atoms with van der Waals surface area (Å²) in [5, 5.41) is 0. The van der Waals surface area contributed by atoms with Crippen molar-refractivity contribution in [3.05, 3.63) is 23.5 Å². The van der Waals surface area contributed by atoms with Crippen LogP contribution in [-0.2, 0) is 9.47 Å². The number of nitrogen functional groups attached to an aromatic ring is 1. The lowest BCUT2D eigenvalue weighted by Crippen LogP contribution is -2.30. The molecule has 0 unspecified atom stereocenters. The number of methoxy groups -OCH3 is 1. The number of carbonyl (C=O) groups excluding carboxylic acids is 1. The van der Waals surface area contributed by atoms with Crippen LogP contribution in [0.5, 0.6) is 0 Å². The molecule has 21 heavy (non-hydrogen) atoms. The van der Waals surface area contributed by atoms with Crippen LogP contribution in [0, 0.1) is 11.7 Å². The van der Waals surface area contributed by atoms with Crippen molar-refractivity contribution in [2.24, 2.45) is 5.92 Å². The van der Waals surface area contributed by atoms with Crippen LogP contribution in [0.1, 0.15) is 23.2 Å². The molecule has 0 atom stereocenters. The average Bonchev–Trinajstić information content (AvgIpc) is 2.47. The van der Waals surface area contributed by atoms with E-state index in [0.717, 1.165) is 26.1 Å². The van der Waals surface area contributed by atoms with Gasteiger partial charge in [-0.25, -0.2) is 9.18 Å². The predicted molar refractivity (Wildman–Crippen MR) is 79.0 cm³/mol. The Balaban J connectivity index is 2.19. The van der Waals surface area contributed by atoms with E-state index in [1.807, 2.05) is 11.9 Å². The van der Waals surface area contributed by atoms with E-state index in [1.165, 1.54) is 19.2 Å². The van der Waals surface area contributed by atoms with E-state index < -0.39 is 11.8 Å². The van der Waals surface area contributed by atoms with E-state index in [4.69, 9.17) is 10.5 Å². The fourth-order valence-corrected chi connectivity index (χ4v) is 2.57. The van der Waals surface area contributed by atoms with Crippen molar-refractivity contribution in [1.82, 2.24) is 0 Å². The van der Waals surface area contributed by atoms with E-state index in [2.05, 4.69) is 4.74 Å². The molecule has 5 nitrogen and oxygen atoms in total. The molecule has 0 bridgehead atoms. The van der Waals surface area contributed by atoms with E-state index >= 15 is 0 Å². The molecule has 116 valence electrons. The van der Waals surface area contributed by atoms with Crippen LogP contribution in [0.3, 0.4) is 0 Å². The highest BCUT2D eigenvalue weighted by atomic mass is 19.1. The van der Waals surface area contributed by atoms with E-state index in [1.54, 1.807) is 0 Å². The number of carbonyl (C=O) groups is 1. The Kier molecular flexibility index (Phi) is 5.01. The van der Waals surface area contributed by atoms with Crippen molar-refractivity contribution < 1.29 is 18.7 Å². The number of esters is 1. The third kappa shape index (κ3) is 3.64. The fraction of sp³-hybridized carbons (Fsp3) is 0.533. The second kappa shape index (κ2) is 6.76. The molecule has 6 heteroatoms.